The highest BCUT2D eigenvalue weighted by Crippen LogP contribution is 2.39. The molecule has 2 nitrogen and oxygen atoms in total. The summed E-state index contributed by atoms with van der Waals surface area (Å²) >= 11 is 0. The zero-order valence-corrected chi connectivity index (χ0v) is 15.5. The summed E-state index contributed by atoms with van der Waals surface area (Å²) in [4.78, 5) is 0. The fourth-order valence-electron chi connectivity index (χ4n) is 3.82. The quantitative estimate of drug-likeness (QED) is 0.723. The maximum Gasteiger partial charge on any atom is 0.0778 e. The van der Waals surface area contributed by atoms with Gasteiger partial charge in [-0.1, -0.05) is 48.0 Å². The van der Waals surface area contributed by atoms with Gasteiger partial charge in [-0.3, -0.25) is 0 Å². The van der Waals surface area contributed by atoms with E-state index >= 15 is 0 Å². The van der Waals surface area contributed by atoms with Gasteiger partial charge in [-0.25, -0.2) is 0 Å². The van der Waals surface area contributed by atoms with E-state index in [0.29, 0.717) is 12.1 Å². The van der Waals surface area contributed by atoms with E-state index in [0.717, 1.165) is 30.9 Å². The molecular weight excluding hydrogens is 258 g/mol. The maximum atomic E-state index is 6.22. The van der Waals surface area contributed by atoms with Crippen molar-refractivity contribution in [2.45, 2.75) is 86.3 Å². The lowest BCUT2D eigenvalue weighted by molar-refractivity contribution is -0.0565. The van der Waals surface area contributed by atoms with Crippen molar-refractivity contribution in [1.82, 2.24) is 5.32 Å². The monoisotopic (exact) mass is 297 g/mol. The second kappa shape index (κ2) is 8.53. The summed E-state index contributed by atoms with van der Waals surface area (Å²) in [5.74, 6) is 2.49. The summed E-state index contributed by atoms with van der Waals surface area (Å²) in [6.07, 6.45) is 5.58. The van der Waals surface area contributed by atoms with Crippen LogP contribution in [0.1, 0.15) is 74.1 Å². The van der Waals surface area contributed by atoms with Crippen LogP contribution in [0, 0.1) is 23.2 Å². The number of hydrogen-bond donors (Lipinski definition) is 1. The lowest BCUT2D eigenvalue weighted by atomic mass is 9.69. The molecule has 126 valence electrons. The number of hydrogen-bond acceptors (Lipinski definition) is 2. The Morgan fingerprint density at radius 3 is 2.24 bits per heavy atom. The number of nitrogens with one attached hydrogen (secondary N) is 1. The Kier molecular flexibility index (Phi) is 7.70. The van der Waals surface area contributed by atoms with E-state index in [1.54, 1.807) is 0 Å². The smallest absolute Gasteiger partial charge is 0.0778 e. The van der Waals surface area contributed by atoms with Crippen molar-refractivity contribution in [1.29, 1.82) is 0 Å². The standard InChI is InChI=1S/C19H39NO/c1-8-12-20-17(18(21-9-2)19(5,6)7)16-11-10-14(3)15(4)13-16/h14-18,20H,8-13H2,1-7H3. The highest BCUT2D eigenvalue weighted by atomic mass is 16.5. The van der Waals surface area contributed by atoms with Crippen molar-refractivity contribution >= 4 is 0 Å². The highest BCUT2D eigenvalue weighted by molar-refractivity contribution is 4.93. The molecule has 0 aromatic carbocycles. The van der Waals surface area contributed by atoms with Crippen molar-refractivity contribution in [2.24, 2.45) is 23.2 Å². The normalized spacial score (nSPS) is 30.1. The summed E-state index contributed by atoms with van der Waals surface area (Å²) in [5, 5.41) is 3.84. The van der Waals surface area contributed by atoms with Crippen LogP contribution in [0.15, 0.2) is 0 Å². The van der Waals surface area contributed by atoms with Crippen LogP contribution in [-0.2, 0) is 4.74 Å². The Morgan fingerprint density at radius 2 is 1.76 bits per heavy atom. The Morgan fingerprint density at radius 1 is 1.10 bits per heavy atom. The van der Waals surface area contributed by atoms with E-state index in [9.17, 15) is 0 Å². The third kappa shape index (κ3) is 5.56. The molecule has 1 saturated carbocycles. The van der Waals surface area contributed by atoms with Gasteiger partial charge in [-0.15, -0.1) is 0 Å². The van der Waals surface area contributed by atoms with Crippen LogP contribution in [0.4, 0.5) is 0 Å². The summed E-state index contributed by atoms with van der Waals surface area (Å²) < 4.78 is 6.22. The van der Waals surface area contributed by atoms with Gasteiger partial charge in [-0.05, 0) is 55.9 Å². The van der Waals surface area contributed by atoms with Crippen LogP contribution in [-0.4, -0.2) is 25.3 Å². The molecule has 0 amide bonds. The van der Waals surface area contributed by atoms with Crippen LogP contribution in [0.25, 0.3) is 0 Å². The molecule has 1 N–H and O–H groups in total. The summed E-state index contributed by atoms with van der Waals surface area (Å²) in [7, 11) is 0. The molecule has 0 radical (unpaired) electrons. The molecule has 1 rings (SSSR count). The summed E-state index contributed by atoms with van der Waals surface area (Å²) in [6.45, 7) is 18.1. The molecule has 21 heavy (non-hydrogen) atoms. The molecule has 1 aliphatic rings. The van der Waals surface area contributed by atoms with Gasteiger partial charge in [0.2, 0.25) is 0 Å². The molecule has 0 aromatic rings. The van der Waals surface area contributed by atoms with Gasteiger partial charge in [0.15, 0.2) is 0 Å². The zero-order valence-electron chi connectivity index (χ0n) is 15.5. The summed E-state index contributed by atoms with van der Waals surface area (Å²) in [5.41, 5.74) is 0.188. The average Bonchev–Trinajstić information content (AvgIpc) is 2.40. The van der Waals surface area contributed by atoms with Gasteiger partial charge in [0.05, 0.1) is 6.10 Å². The molecule has 0 saturated heterocycles. The van der Waals surface area contributed by atoms with Crippen molar-refractivity contribution < 1.29 is 4.74 Å². The van der Waals surface area contributed by atoms with Crippen molar-refractivity contribution in [3.63, 3.8) is 0 Å². The van der Waals surface area contributed by atoms with Crippen LogP contribution in [0.3, 0.4) is 0 Å². The number of ether oxygens (including phenoxy) is 1. The fraction of sp³-hybridized carbons (Fsp3) is 1.00. The number of rotatable bonds is 7. The zero-order chi connectivity index (χ0) is 16.0. The molecular formula is C19H39NO. The molecule has 2 heteroatoms. The van der Waals surface area contributed by atoms with Crippen LogP contribution >= 0.6 is 0 Å². The Balaban J connectivity index is 2.86. The molecule has 1 aliphatic carbocycles. The van der Waals surface area contributed by atoms with E-state index < -0.39 is 0 Å². The SMILES string of the molecule is CCCNC(C1CCC(C)C(C)C1)C(OCC)C(C)(C)C. The van der Waals surface area contributed by atoms with E-state index in [-0.39, 0.29) is 5.41 Å². The van der Waals surface area contributed by atoms with Crippen LogP contribution in [0.2, 0.25) is 0 Å². The van der Waals surface area contributed by atoms with E-state index in [4.69, 9.17) is 4.74 Å². The average molecular weight is 298 g/mol. The molecule has 0 aliphatic heterocycles. The molecule has 0 spiro atoms. The van der Waals surface area contributed by atoms with E-state index in [1.807, 2.05) is 0 Å². The van der Waals surface area contributed by atoms with Gasteiger partial charge in [0.25, 0.3) is 0 Å². The lowest BCUT2D eigenvalue weighted by Crippen LogP contribution is -2.53. The summed E-state index contributed by atoms with van der Waals surface area (Å²) in [6, 6.07) is 0.500. The first kappa shape index (κ1) is 19.0. The molecule has 0 heterocycles. The van der Waals surface area contributed by atoms with Gasteiger partial charge in [0, 0.05) is 12.6 Å². The molecule has 0 bridgehead atoms. The third-order valence-electron chi connectivity index (χ3n) is 5.30. The molecule has 5 unspecified atom stereocenters. The predicted molar refractivity (Wildman–Crippen MR) is 92.6 cm³/mol. The molecule has 1 fully saturated rings. The predicted octanol–water partition coefficient (Wildman–Crippen LogP) is 4.88. The Labute approximate surface area is 133 Å². The van der Waals surface area contributed by atoms with Crippen LogP contribution in [0.5, 0.6) is 0 Å². The maximum absolute atomic E-state index is 6.22. The first-order valence-electron chi connectivity index (χ1n) is 9.16. The topological polar surface area (TPSA) is 21.3 Å². The first-order chi connectivity index (χ1) is 9.81. The van der Waals surface area contributed by atoms with E-state index in [2.05, 4.69) is 53.8 Å². The third-order valence-corrected chi connectivity index (χ3v) is 5.30. The first-order valence-corrected chi connectivity index (χ1v) is 9.16. The van der Waals surface area contributed by atoms with E-state index in [1.165, 1.54) is 25.7 Å². The van der Waals surface area contributed by atoms with Crippen molar-refractivity contribution in [3.8, 4) is 0 Å². The molecule has 0 aromatic heterocycles. The van der Waals surface area contributed by atoms with Gasteiger partial charge < -0.3 is 10.1 Å². The minimum atomic E-state index is 0.188. The largest absolute Gasteiger partial charge is 0.376 e. The lowest BCUT2D eigenvalue weighted by Gasteiger charge is -2.44. The minimum Gasteiger partial charge on any atom is -0.376 e. The second-order valence-electron chi connectivity index (χ2n) is 8.25. The fourth-order valence-corrected chi connectivity index (χ4v) is 3.82. The van der Waals surface area contributed by atoms with Gasteiger partial charge in [-0.2, -0.15) is 0 Å². The Bertz CT molecular complexity index is 284. The van der Waals surface area contributed by atoms with Crippen molar-refractivity contribution in [3.05, 3.63) is 0 Å². The highest BCUT2D eigenvalue weighted by Gasteiger charge is 2.39. The molecule has 5 atom stereocenters. The van der Waals surface area contributed by atoms with Crippen LogP contribution < -0.4 is 5.32 Å². The van der Waals surface area contributed by atoms with Gasteiger partial charge in [0.1, 0.15) is 0 Å². The Hall–Kier alpha value is -0.0800. The van der Waals surface area contributed by atoms with Crippen molar-refractivity contribution in [2.75, 3.05) is 13.2 Å². The minimum absolute atomic E-state index is 0.188. The second-order valence-corrected chi connectivity index (χ2v) is 8.25. The van der Waals surface area contributed by atoms with Gasteiger partial charge >= 0.3 is 0 Å².